The number of aldehydes is 1. The van der Waals surface area contributed by atoms with Crippen LogP contribution in [0.1, 0.15) is 29.1 Å². The number of rotatable bonds is 6. The van der Waals surface area contributed by atoms with Crippen LogP contribution in [0.4, 0.5) is 0 Å². The summed E-state index contributed by atoms with van der Waals surface area (Å²) in [6.45, 7) is 2.52. The second-order valence-corrected chi connectivity index (χ2v) is 4.35. The topological polar surface area (TPSA) is 35.5 Å². The Morgan fingerprint density at radius 1 is 1.10 bits per heavy atom. The highest BCUT2D eigenvalue weighted by Gasteiger charge is 2.10. The molecule has 3 nitrogen and oxygen atoms in total. The van der Waals surface area contributed by atoms with Crippen molar-refractivity contribution in [3.05, 3.63) is 59.7 Å². The first-order valence-corrected chi connectivity index (χ1v) is 6.59. The number of carbonyl (C=O) groups excluding carboxylic acids is 1. The highest BCUT2D eigenvalue weighted by molar-refractivity contribution is 5.87. The highest BCUT2D eigenvalue weighted by Crippen LogP contribution is 2.25. The number of hydrogen-bond donors (Lipinski definition) is 0. The summed E-state index contributed by atoms with van der Waals surface area (Å²) in [6.07, 6.45) is 0.525. The average molecular weight is 270 g/mol. The molecule has 2 aromatic carbocycles. The van der Waals surface area contributed by atoms with Crippen LogP contribution in [0.5, 0.6) is 0 Å². The van der Waals surface area contributed by atoms with Crippen LogP contribution >= 0.6 is 0 Å². The van der Waals surface area contributed by atoms with Gasteiger partial charge in [-0.3, -0.25) is 4.79 Å². The fourth-order valence-corrected chi connectivity index (χ4v) is 2.13. The molecule has 0 fully saturated rings. The van der Waals surface area contributed by atoms with Gasteiger partial charge >= 0.3 is 0 Å². The summed E-state index contributed by atoms with van der Waals surface area (Å²) >= 11 is 0. The Morgan fingerprint density at radius 2 is 1.80 bits per heavy atom. The molecule has 3 heteroatoms. The van der Waals surface area contributed by atoms with E-state index in [0.29, 0.717) is 12.2 Å². The summed E-state index contributed by atoms with van der Waals surface area (Å²) in [5.74, 6) is 0. The van der Waals surface area contributed by atoms with E-state index in [2.05, 4.69) is 0 Å². The van der Waals surface area contributed by atoms with Crippen LogP contribution in [-0.2, 0) is 9.47 Å². The molecule has 20 heavy (non-hydrogen) atoms. The third-order valence-corrected chi connectivity index (χ3v) is 3.11. The van der Waals surface area contributed by atoms with E-state index in [1.165, 1.54) is 0 Å². The second-order valence-electron chi connectivity index (χ2n) is 4.35. The van der Waals surface area contributed by atoms with Crippen molar-refractivity contribution in [3.63, 3.8) is 0 Å². The van der Waals surface area contributed by atoms with E-state index in [1.54, 1.807) is 7.11 Å². The van der Waals surface area contributed by atoms with Gasteiger partial charge in [0.15, 0.2) is 12.6 Å². The van der Waals surface area contributed by atoms with Gasteiger partial charge in [0.25, 0.3) is 0 Å². The molecular weight excluding hydrogens is 252 g/mol. The van der Waals surface area contributed by atoms with Gasteiger partial charge in [-0.05, 0) is 18.1 Å². The number of methoxy groups -OCH3 is 1. The lowest BCUT2D eigenvalue weighted by Gasteiger charge is -2.16. The number of benzene rings is 2. The molecule has 0 saturated heterocycles. The Morgan fingerprint density at radius 3 is 2.40 bits per heavy atom. The van der Waals surface area contributed by atoms with Gasteiger partial charge in [-0.1, -0.05) is 48.5 Å². The van der Waals surface area contributed by atoms with Crippen LogP contribution < -0.4 is 0 Å². The normalized spacial score (nSPS) is 12.1. The molecule has 0 saturated carbocycles. The molecule has 0 spiro atoms. The van der Waals surface area contributed by atoms with E-state index >= 15 is 0 Å². The summed E-state index contributed by atoms with van der Waals surface area (Å²) in [6, 6.07) is 15.4. The van der Waals surface area contributed by atoms with Gasteiger partial charge in [0.2, 0.25) is 0 Å². The Hall–Kier alpha value is -1.97. The smallest absolute Gasteiger partial charge is 0.183 e. The molecule has 1 unspecified atom stereocenters. The van der Waals surface area contributed by atoms with E-state index in [1.807, 2.05) is 55.5 Å². The standard InChI is InChI=1S/C17H18O3/c1-3-20-17(19-2)14-10-8-13(9-11-14)16-7-5-4-6-15(16)12-18/h4-12,17H,3H2,1-2H3. The molecule has 0 heterocycles. The summed E-state index contributed by atoms with van der Waals surface area (Å²) in [4.78, 5) is 11.1. The van der Waals surface area contributed by atoms with E-state index in [0.717, 1.165) is 23.0 Å². The van der Waals surface area contributed by atoms with Crippen molar-refractivity contribution < 1.29 is 14.3 Å². The van der Waals surface area contributed by atoms with Crippen molar-refractivity contribution in [2.75, 3.05) is 13.7 Å². The summed E-state index contributed by atoms with van der Waals surface area (Å²) < 4.78 is 10.8. The minimum atomic E-state index is -0.352. The second kappa shape index (κ2) is 6.98. The zero-order valence-electron chi connectivity index (χ0n) is 11.7. The predicted molar refractivity (Wildman–Crippen MR) is 78.6 cm³/mol. The Kier molecular flexibility index (Phi) is 5.04. The average Bonchev–Trinajstić information content (AvgIpc) is 2.53. The lowest BCUT2D eigenvalue weighted by Crippen LogP contribution is -2.06. The Bertz CT molecular complexity index is 561. The first-order valence-electron chi connectivity index (χ1n) is 6.59. The van der Waals surface area contributed by atoms with Crippen molar-refractivity contribution in [2.24, 2.45) is 0 Å². The van der Waals surface area contributed by atoms with E-state index in [9.17, 15) is 4.79 Å². The van der Waals surface area contributed by atoms with Crippen molar-refractivity contribution in [1.82, 2.24) is 0 Å². The van der Waals surface area contributed by atoms with Gasteiger partial charge in [-0.25, -0.2) is 0 Å². The van der Waals surface area contributed by atoms with Crippen LogP contribution in [0.15, 0.2) is 48.5 Å². The van der Waals surface area contributed by atoms with Gasteiger partial charge in [0, 0.05) is 24.8 Å². The van der Waals surface area contributed by atoms with Crippen molar-refractivity contribution >= 4 is 6.29 Å². The van der Waals surface area contributed by atoms with Crippen molar-refractivity contribution in [1.29, 1.82) is 0 Å². The third-order valence-electron chi connectivity index (χ3n) is 3.11. The molecule has 1 atom stereocenters. The maximum atomic E-state index is 11.1. The molecule has 104 valence electrons. The van der Waals surface area contributed by atoms with E-state index in [4.69, 9.17) is 9.47 Å². The molecule has 2 rings (SSSR count). The zero-order valence-corrected chi connectivity index (χ0v) is 11.7. The van der Waals surface area contributed by atoms with Gasteiger partial charge < -0.3 is 9.47 Å². The minimum absolute atomic E-state index is 0.352. The van der Waals surface area contributed by atoms with Gasteiger partial charge in [0.1, 0.15) is 0 Å². The molecular formula is C17H18O3. The Balaban J connectivity index is 2.30. The molecule has 0 bridgehead atoms. The maximum absolute atomic E-state index is 11.1. The molecule has 0 aromatic heterocycles. The van der Waals surface area contributed by atoms with Gasteiger partial charge in [0.05, 0.1) is 0 Å². The summed E-state index contributed by atoms with van der Waals surface area (Å²) in [5, 5.41) is 0. The van der Waals surface area contributed by atoms with Crippen LogP contribution in [0.3, 0.4) is 0 Å². The summed E-state index contributed by atoms with van der Waals surface area (Å²) in [5.41, 5.74) is 3.58. The Labute approximate surface area is 119 Å². The van der Waals surface area contributed by atoms with Crippen LogP contribution in [-0.4, -0.2) is 20.0 Å². The van der Waals surface area contributed by atoms with Gasteiger partial charge in [-0.15, -0.1) is 0 Å². The molecule has 0 aliphatic carbocycles. The predicted octanol–water partition coefficient (Wildman–Crippen LogP) is 3.85. The largest absolute Gasteiger partial charge is 0.352 e. The van der Waals surface area contributed by atoms with Crippen LogP contribution in [0.25, 0.3) is 11.1 Å². The lowest BCUT2D eigenvalue weighted by atomic mass is 9.99. The maximum Gasteiger partial charge on any atom is 0.183 e. The van der Waals surface area contributed by atoms with Crippen molar-refractivity contribution in [2.45, 2.75) is 13.2 Å². The fraction of sp³-hybridized carbons (Fsp3) is 0.235. The van der Waals surface area contributed by atoms with Crippen molar-refractivity contribution in [3.8, 4) is 11.1 Å². The zero-order chi connectivity index (χ0) is 14.4. The fourth-order valence-electron chi connectivity index (χ4n) is 2.13. The molecule has 0 N–H and O–H groups in total. The SMILES string of the molecule is CCOC(OC)c1ccc(-c2ccccc2C=O)cc1. The quantitative estimate of drug-likeness (QED) is 0.591. The number of ether oxygens (including phenoxy) is 2. The van der Waals surface area contributed by atoms with Crippen LogP contribution in [0.2, 0.25) is 0 Å². The summed E-state index contributed by atoms with van der Waals surface area (Å²) in [7, 11) is 1.62. The van der Waals surface area contributed by atoms with E-state index < -0.39 is 0 Å². The number of carbonyl (C=O) groups is 1. The molecule has 0 amide bonds. The third kappa shape index (κ3) is 3.13. The van der Waals surface area contributed by atoms with E-state index in [-0.39, 0.29) is 6.29 Å². The lowest BCUT2D eigenvalue weighted by molar-refractivity contribution is -0.124. The minimum Gasteiger partial charge on any atom is -0.352 e. The molecule has 0 radical (unpaired) electrons. The first-order chi connectivity index (χ1) is 9.80. The number of hydrogen-bond acceptors (Lipinski definition) is 3. The molecule has 0 aliphatic heterocycles. The van der Waals surface area contributed by atoms with Gasteiger partial charge in [-0.2, -0.15) is 0 Å². The first kappa shape index (κ1) is 14.4. The molecule has 2 aromatic rings. The monoisotopic (exact) mass is 270 g/mol. The highest BCUT2D eigenvalue weighted by atomic mass is 16.7. The van der Waals surface area contributed by atoms with Crippen LogP contribution in [0, 0.1) is 0 Å². The molecule has 0 aliphatic rings.